The molecule has 1 aromatic carbocycles. The van der Waals surface area contributed by atoms with Gasteiger partial charge in [0.2, 0.25) is 5.91 Å². The number of ether oxygens (including phenoxy) is 1. The third-order valence-electron chi connectivity index (χ3n) is 3.55. The molecule has 1 aliphatic heterocycles. The van der Waals surface area contributed by atoms with Crippen LogP contribution in [0.25, 0.3) is 0 Å². The number of benzene rings is 1. The summed E-state index contributed by atoms with van der Waals surface area (Å²) in [6.07, 6.45) is 0.166. The summed E-state index contributed by atoms with van der Waals surface area (Å²) in [5.41, 5.74) is 0.769. The number of carbonyl (C=O) groups is 2. The number of aromatic hydroxyl groups is 1. The van der Waals surface area contributed by atoms with Gasteiger partial charge in [-0.3, -0.25) is 9.59 Å². The van der Waals surface area contributed by atoms with E-state index < -0.39 is 17.9 Å². The normalized spacial score (nSPS) is 21.6. The van der Waals surface area contributed by atoms with Crippen molar-refractivity contribution in [1.29, 1.82) is 0 Å². The molecule has 1 heterocycles. The van der Waals surface area contributed by atoms with Gasteiger partial charge in [0.1, 0.15) is 11.7 Å². The summed E-state index contributed by atoms with van der Waals surface area (Å²) >= 11 is 0. The Hall–Kier alpha value is -2.08. The van der Waals surface area contributed by atoms with Crippen molar-refractivity contribution in [3.8, 4) is 5.75 Å². The fourth-order valence-corrected chi connectivity index (χ4v) is 2.26. The van der Waals surface area contributed by atoms with Crippen molar-refractivity contribution < 1.29 is 24.5 Å². The molecule has 108 valence electrons. The van der Waals surface area contributed by atoms with Gasteiger partial charge in [0.25, 0.3) is 0 Å². The number of phenols is 1. The number of aliphatic carboxylic acids is 1. The molecule has 1 saturated heterocycles. The van der Waals surface area contributed by atoms with E-state index in [2.05, 4.69) is 0 Å². The largest absolute Gasteiger partial charge is 0.508 e. The SMILES string of the molecule is CN(C(=O)Cc1ccc(O)cc1)C1COCC1C(=O)O. The Kier molecular flexibility index (Phi) is 4.24. The molecule has 2 rings (SSSR count). The van der Waals surface area contributed by atoms with Crippen molar-refractivity contribution in [2.45, 2.75) is 12.5 Å². The molecule has 2 unspecified atom stereocenters. The van der Waals surface area contributed by atoms with Gasteiger partial charge >= 0.3 is 5.97 Å². The van der Waals surface area contributed by atoms with Crippen LogP contribution in [0, 0.1) is 5.92 Å². The molecular weight excluding hydrogens is 262 g/mol. The number of carboxylic acids is 1. The molecule has 1 aromatic rings. The highest BCUT2D eigenvalue weighted by atomic mass is 16.5. The predicted molar refractivity (Wildman–Crippen MR) is 70.3 cm³/mol. The summed E-state index contributed by atoms with van der Waals surface area (Å²) in [6, 6.07) is 5.93. The number of carboxylic acid groups (broad SMARTS) is 1. The number of hydrogen-bond acceptors (Lipinski definition) is 4. The molecule has 0 aliphatic carbocycles. The Morgan fingerprint density at radius 2 is 1.95 bits per heavy atom. The summed E-state index contributed by atoms with van der Waals surface area (Å²) in [6.45, 7) is 0.381. The highest BCUT2D eigenvalue weighted by molar-refractivity contribution is 5.80. The molecule has 20 heavy (non-hydrogen) atoms. The standard InChI is InChI=1S/C14H17NO5/c1-15(12-8-20-7-11(12)14(18)19)13(17)6-9-2-4-10(16)5-3-9/h2-5,11-12,16H,6-8H2,1H3,(H,18,19). The number of carbonyl (C=O) groups excluding carboxylic acids is 1. The van der Waals surface area contributed by atoms with Crippen molar-refractivity contribution >= 4 is 11.9 Å². The van der Waals surface area contributed by atoms with Gasteiger partial charge in [-0.25, -0.2) is 0 Å². The summed E-state index contributed by atoms with van der Waals surface area (Å²) in [5.74, 6) is -1.65. The minimum atomic E-state index is -0.947. The lowest BCUT2D eigenvalue weighted by atomic mass is 10.0. The average Bonchev–Trinajstić information content (AvgIpc) is 2.90. The second kappa shape index (κ2) is 5.92. The molecule has 1 fully saturated rings. The Balaban J connectivity index is 2.01. The van der Waals surface area contributed by atoms with Crippen LogP contribution in [-0.4, -0.2) is 53.3 Å². The van der Waals surface area contributed by atoms with E-state index in [0.29, 0.717) is 0 Å². The van der Waals surface area contributed by atoms with E-state index in [1.807, 2.05) is 0 Å². The van der Waals surface area contributed by atoms with E-state index in [0.717, 1.165) is 5.56 Å². The fraction of sp³-hybridized carbons (Fsp3) is 0.429. The molecule has 0 saturated carbocycles. The number of amides is 1. The van der Waals surface area contributed by atoms with Crippen molar-refractivity contribution in [1.82, 2.24) is 4.90 Å². The van der Waals surface area contributed by atoms with Crippen LogP contribution in [0.3, 0.4) is 0 Å². The Labute approximate surface area is 116 Å². The highest BCUT2D eigenvalue weighted by Crippen LogP contribution is 2.20. The molecule has 6 nitrogen and oxygen atoms in total. The van der Waals surface area contributed by atoms with E-state index >= 15 is 0 Å². The third kappa shape index (κ3) is 3.08. The quantitative estimate of drug-likeness (QED) is 0.837. The molecular formula is C14H17NO5. The third-order valence-corrected chi connectivity index (χ3v) is 3.55. The Morgan fingerprint density at radius 1 is 1.30 bits per heavy atom. The fourth-order valence-electron chi connectivity index (χ4n) is 2.26. The minimum Gasteiger partial charge on any atom is -0.508 e. The second-order valence-corrected chi connectivity index (χ2v) is 4.90. The first-order valence-corrected chi connectivity index (χ1v) is 6.33. The van der Waals surface area contributed by atoms with Gasteiger partial charge in [-0.05, 0) is 17.7 Å². The van der Waals surface area contributed by atoms with Gasteiger partial charge in [-0.2, -0.15) is 0 Å². The molecule has 1 aliphatic rings. The second-order valence-electron chi connectivity index (χ2n) is 4.90. The first-order valence-electron chi connectivity index (χ1n) is 6.33. The van der Waals surface area contributed by atoms with Crippen LogP contribution in [-0.2, 0) is 20.7 Å². The average molecular weight is 279 g/mol. The molecule has 0 aromatic heterocycles. The zero-order valence-corrected chi connectivity index (χ0v) is 11.2. The Bertz CT molecular complexity index is 499. The first kappa shape index (κ1) is 14.3. The number of nitrogens with zero attached hydrogens (tertiary/aromatic N) is 1. The number of rotatable bonds is 4. The minimum absolute atomic E-state index is 0.136. The van der Waals surface area contributed by atoms with Gasteiger partial charge in [-0.1, -0.05) is 12.1 Å². The maximum atomic E-state index is 12.2. The van der Waals surface area contributed by atoms with Crippen molar-refractivity contribution in [3.63, 3.8) is 0 Å². The zero-order valence-electron chi connectivity index (χ0n) is 11.2. The van der Waals surface area contributed by atoms with Crippen molar-refractivity contribution in [2.24, 2.45) is 5.92 Å². The maximum absolute atomic E-state index is 12.2. The summed E-state index contributed by atoms with van der Waals surface area (Å²) in [7, 11) is 1.60. The van der Waals surface area contributed by atoms with Crippen LogP contribution in [0.15, 0.2) is 24.3 Å². The topological polar surface area (TPSA) is 87.1 Å². The molecule has 0 radical (unpaired) electrons. The molecule has 2 atom stereocenters. The molecule has 0 bridgehead atoms. The lowest BCUT2D eigenvalue weighted by Crippen LogP contribution is -2.44. The maximum Gasteiger partial charge on any atom is 0.311 e. The molecule has 1 amide bonds. The first-order chi connectivity index (χ1) is 9.49. The van der Waals surface area contributed by atoms with Gasteiger partial charge in [0.05, 0.1) is 25.7 Å². The van der Waals surface area contributed by atoms with Gasteiger partial charge in [0.15, 0.2) is 0 Å². The van der Waals surface area contributed by atoms with Crippen LogP contribution < -0.4 is 0 Å². The lowest BCUT2D eigenvalue weighted by molar-refractivity contribution is -0.144. The van der Waals surface area contributed by atoms with Gasteiger partial charge in [0, 0.05) is 7.05 Å². The van der Waals surface area contributed by atoms with E-state index in [1.165, 1.54) is 17.0 Å². The van der Waals surface area contributed by atoms with E-state index in [1.54, 1.807) is 19.2 Å². The van der Waals surface area contributed by atoms with Gasteiger partial charge < -0.3 is 19.8 Å². The molecule has 2 N–H and O–H groups in total. The van der Waals surface area contributed by atoms with Crippen LogP contribution in [0.5, 0.6) is 5.75 Å². The van der Waals surface area contributed by atoms with Gasteiger partial charge in [-0.15, -0.1) is 0 Å². The monoisotopic (exact) mass is 279 g/mol. The van der Waals surface area contributed by atoms with Crippen LogP contribution in [0.4, 0.5) is 0 Å². The lowest BCUT2D eigenvalue weighted by Gasteiger charge is -2.26. The predicted octanol–water partition coefficient (Wildman–Crippen LogP) is 0.493. The smallest absolute Gasteiger partial charge is 0.311 e. The van der Waals surface area contributed by atoms with Crippen molar-refractivity contribution in [2.75, 3.05) is 20.3 Å². The highest BCUT2D eigenvalue weighted by Gasteiger charge is 2.38. The Morgan fingerprint density at radius 3 is 2.55 bits per heavy atom. The number of likely N-dealkylation sites (N-methyl/N-ethyl adjacent to an activating group) is 1. The summed E-state index contributed by atoms with van der Waals surface area (Å²) < 4.78 is 5.16. The zero-order chi connectivity index (χ0) is 14.7. The number of phenolic OH excluding ortho intramolecular Hbond substituents is 1. The summed E-state index contributed by atoms with van der Waals surface area (Å²) in [5, 5.41) is 18.3. The van der Waals surface area contributed by atoms with Crippen LogP contribution in [0.1, 0.15) is 5.56 Å². The van der Waals surface area contributed by atoms with E-state index in [4.69, 9.17) is 9.84 Å². The number of hydrogen-bond donors (Lipinski definition) is 2. The van der Waals surface area contributed by atoms with Crippen LogP contribution in [0.2, 0.25) is 0 Å². The van der Waals surface area contributed by atoms with E-state index in [9.17, 15) is 14.7 Å². The van der Waals surface area contributed by atoms with Crippen LogP contribution >= 0.6 is 0 Å². The summed E-state index contributed by atoms with van der Waals surface area (Å²) in [4.78, 5) is 24.7. The molecule has 0 spiro atoms. The van der Waals surface area contributed by atoms with Crippen molar-refractivity contribution in [3.05, 3.63) is 29.8 Å². The molecule has 6 heteroatoms. The van der Waals surface area contributed by atoms with E-state index in [-0.39, 0.29) is 31.3 Å².